The Kier molecular flexibility index (Phi) is 4.20. The van der Waals surface area contributed by atoms with Crippen LogP contribution < -0.4 is 0 Å². The van der Waals surface area contributed by atoms with E-state index in [1.807, 2.05) is 17.0 Å². The molecule has 132 valence electrons. The molecule has 26 heavy (non-hydrogen) atoms. The van der Waals surface area contributed by atoms with E-state index in [2.05, 4.69) is 15.4 Å². The molecule has 3 aromatic rings. The summed E-state index contributed by atoms with van der Waals surface area (Å²) in [7, 11) is 1.71. The third kappa shape index (κ3) is 3.20. The normalized spacial score (nSPS) is 16.8. The molecule has 0 unspecified atom stereocenters. The van der Waals surface area contributed by atoms with E-state index in [1.165, 1.54) is 16.9 Å². The Balaban J connectivity index is 1.45. The predicted molar refractivity (Wildman–Crippen MR) is 93.9 cm³/mol. The summed E-state index contributed by atoms with van der Waals surface area (Å²) in [5, 5.41) is 11.9. The van der Waals surface area contributed by atoms with E-state index in [-0.39, 0.29) is 17.6 Å². The van der Waals surface area contributed by atoms with E-state index in [0.29, 0.717) is 24.5 Å². The van der Waals surface area contributed by atoms with Crippen LogP contribution in [0.3, 0.4) is 0 Å². The number of aromatic nitrogens is 4. The molecule has 0 spiro atoms. The van der Waals surface area contributed by atoms with Gasteiger partial charge in [0, 0.05) is 30.1 Å². The van der Waals surface area contributed by atoms with Crippen LogP contribution in [0.4, 0.5) is 4.39 Å². The molecule has 0 bridgehead atoms. The van der Waals surface area contributed by atoms with Gasteiger partial charge in [0.1, 0.15) is 5.82 Å². The van der Waals surface area contributed by atoms with Crippen LogP contribution in [0, 0.1) is 5.82 Å². The molecular weight excluding hydrogens is 333 g/mol. The third-order valence-corrected chi connectivity index (χ3v) is 4.72. The lowest BCUT2D eigenvalue weighted by molar-refractivity contribution is 0.0791. The van der Waals surface area contributed by atoms with Gasteiger partial charge in [-0.05, 0) is 41.5 Å². The van der Waals surface area contributed by atoms with Crippen molar-refractivity contribution < 1.29 is 9.18 Å². The summed E-state index contributed by atoms with van der Waals surface area (Å²) in [5.74, 6) is 0.553. The molecule has 2 heterocycles. The van der Waals surface area contributed by atoms with Crippen molar-refractivity contribution in [3.8, 4) is 11.4 Å². The Labute approximate surface area is 150 Å². The van der Waals surface area contributed by atoms with E-state index in [4.69, 9.17) is 0 Å². The van der Waals surface area contributed by atoms with Gasteiger partial charge in [-0.25, -0.2) is 4.39 Å². The predicted octanol–water partition coefficient (Wildman–Crippen LogP) is 2.65. The standard InChI is InChI=1S/C19H18FN5O/c1-24-22-18(21-23-24)14-2-4-15(5-3-14)19(26)25-11-10-16(12-25)13-6-8-17(20)9-7-13/h2-9,16H,10-12H2,1H3/t16-/m1/s1. The summed E-state index contributed by atoms with van der Waals surface area (Å²) >= 11 is 0. The highest BCUT2D eigenvalue weighted by Crippen LogP contribution is 2.28. The fourth-order valence-electron chi connectivity index (χ4n) is 3.30. The van der Waals surface area contributed by atoms with Gasteiger partial charge in [-0.3, -0.25) is 4.79 Å². The van der Waals surface area contributed by atoms with Crippen molar-refractivity contribution in [2.24, 2.45) is 7.05 Å². The molecule has 1 atom stereocenters. The molecule has 1 aromatic heterocycles. The second-order valence-electron chi connectivity index (χ2n) is 6.47. The van der Waals surface area contributed by atoms with E-state index in [1.54, 1.807) is 31.3 Å². The number of carbonyl (C=O) groups is 1. The van der Waals surface area contributed by atoms with Gasteiger partial charge in [-0.2, -0.15) is 4.80 Å². The Hall–Kier alpha value is -3.09. The number of likely N-dealkylation sites (tertiary alicyclic amines) is 1. The molecule has 7 heteroatoms. The van der Waals surface area contributed by atoms with Crippen LogP contribution in [0.25, 0.3) is 11.4 Å². The lowest BCUT2D eigenvalue weighted by Crippen LogP contribution is -2.28. The second-order valence-corrected chi connectivity index (χ2v) is 6.47. The molecule has 0 N–H and O–H groups in total. The molecule has 2 aromatic carbocycles. The van der Waals surface area contributed by atoms with Gasteiger partial charge in [-0.15, -0.1) is 10.2 Å². The first-order chi connectivity index (χ1) is 12.6. The first-order valence-electron chi connectivity index (χ1n) is 8.49. The van der Waals surface area contributed by atoms with E-state index < -0.39 is 0 Å². The minimum Gasteiger partial charge on any atom is -0.338 e. The highest BCUT2D eigenvalue weighted by atomic mass is 19.1. The quantitative estimate of drug-likeness (QED) is 0.728. The minimum atomic E-state index is -0.239. The van der Waals surface area contributed by atoms with E-state index >= 15 is 0 Å². The fraction of sp³-hybridized carbons (Fsp3) is 0.263. The highest BCUT2D eigenvalue weighted by Gasteiger charge is 2.28. The zero-order valence-corrected chi connectivity index (χ0v) is 14.3. The van der Waals surface area contributed by atoms with Crippen LogP contribution in [-0.2, 0) is 7.05 Å². The number of hydrogen-bond acceptors (Lipinski definition) is 4. The van der Waals surface area contributed by atoms with Gasteiger partial charge in [0.2, 0.25) is 5.82 Å². The summed E-state index contributed by atoms with van der Waals surface area (Å²) in [6, 6.07) is 13.8. The van der Waals surface area contributed by atoms with Crippen molar-refractivity contribution in [2.45, 2.75) is 12.3 Å². The van der Waals surface area contributed by atoms with Gasteiger partial charge in [0.05, 0.1) is 7.05 Å². The summed E-state index contributed by atoms with van der Waals surface area (Å²) in [4.78, 5) is 16.0. The molecule has 1 fully saturated rings. The number of rotatable bonds is 3. The SMILES string of the molecule is Cn1nnc(-c2ccc(C(=O)N3CC[C@@H](c4ccc(F)cc4)C3)cc2)n1. The average molecular weight is 351 g/mol. The number of amides is 1. The van der Waals surface area contributed by atoms with E-state index in [9.17, 15) is 9.18 Å². The molecule has 0 radical (unpaired) electrons. The van der Waals surface area contributed by atoms with Crippen molar-refractivity contribution in [1.29, 1.82) is 0 Å². The average Bonchev–Trinajstić information content (AvgIpc) is 3.31. The van der Waals surface area contributed by atoms with Gasteiger partial charge in [0.25, 0.3) is 5.91 Å². The first kappa shape index (κ1) is 16.4. The van der Waals surface area contributed by atoms with Crippen molar-refractivity contribution in [3.05, 3.63) is 65.5 Å². The summed E-state index contributed by atoms with van der Waals surface area (Å²) < 4.78 is 13.1. The molecule has 1 aliphatic rings. The molecule has 1 amide bonds. The van der Waals surface area contributed by atoms with Crippen LogP contribution in [0.5, 0.6) is 0 Å². The molecule has 4 rings (SSSR count). The zero-order valence-electron chi connectivity index (χ0n) is 14.3. The zero-order chi connectivity index (χ0) is 18.1. The summed E-state index contributed by atoms with van der Waals surface area (Å²) in [5.41, 5.74) is 2.53. The van der Waals surface area contributed by atoms with Gasteiger partial charge >= 0.3 is 0 Å². The molecule has 1 saturated heterocycles. The number of tetrazole rings is 1. The lowest BCUT2D eigenvalue weighted by atomic mass is 9.98. The Bertz CT molecular complexity index is 920. The highest BCUT2D eigenvalue weighted by molar-refractivity contribution is 5.94. The summed E-state index contributed by atoms with van der Waals surface area (Å²) in [6.07, 6.45) is 0.888. The van der Waals surface area contributed by atoms with Crippen molar-refractivity contribution in [1.82, 2.24) is 25.1 Å². The monoisotopic (exact) mass is 351 g/mol. The Morgan fingerprint density at radius 2 is 1.85 bits per heavy atom. The van der Waals surface area contributed by atoms with Gasteiger partial charge in [-0.1, -0.05) is 24.3 Å². The molecule has 0 aliphatic carbocycles. The molecular formula is C19H18FN5O. The van der Waals surface area contributed by atoms with Crippen LogP contribution in [-0.4, -0.2) is 44.1 Å². The number of aryl methyl sites for hydroxylation is 1. The minimum absolute atomic E-state index is 0.00765. The maximum absolute atomic E-state index is 13.1. The van der Waals surface area contributed by atoms with Crippen LogP contribution in [0.2, 0.25) is 0 Å². The maximum atomic E-state index is 13.1. The molecule has 6 nitrogen and oxygen atoms in total. The topological polar surface area (TPSA) is 63.9 Å². The maximum Gasteiger partial charge on any atom is 0.253 e. The molecule has 0 saturated carbocycles. The smallest absolute Gasteiger partial charge is 0.253 e. The number of benzene rings is 2. The number of halogens is 1. The van der Waals surface area contributed by atoms with Crippen LogP contribution >= 0.6 is 0 Å². The number of hydrogen-bond donors (Lipinski definition) is 0. The largest absolute Gasteiger partial charge is 0.338 e. The lowest BCUT2D eigenvalue weighted by Gasteiger charge is -2.17. The van der Waals surface area contributed by atoms with Crippen molar-refractivity contribution in [2.75, 3.05) is 13.1 Å². The Morgan fingerprint density at radius 1 is 1.12 bits per heavy atom. The Morgan fingerprint density at radius 3 is 2.50 bits per heavy atom. The van der Waals surface area contributed by atoms with Gasteiger partial charge < -0.3 is 4.90 Å². The number of nitrogens with zero attached hydrogens (tertiary/aromatic N) is 5. The van der Waals surface area contributed by atoms with Crippen LogP contribution in [0.1, 0.15) is 28.3 Å². The van der Waals surface area contributed by atoms with Crippen molar-refractivity contribution in [3.63, 3.8) is 0 Å². The summed E-state index contributed by atoms with van der Waals surface area (Å²) in [6.45, 7) is 1.35. The van der Waals surface area contributed by atoms with Crippen LogP contribution in [0.15, 0.2) is 48.5 Å². The number of carbonyl (C=O) groups excluding carboxylic acids is 1. The molecule has 1 aliphatic heterocycles. The van der Waals surface area contributed by atoms with Crippen molar-refractivity contribution >= 4 is 5.91 Å². The third-order valence-electron chi connectivity index (χ3n) is 4.72. The second kappa shape index (κ2) is 6.67. The van der Waals surface area contributed by atoms with E-state index in [0.717, 1.165) is 17.5 Å². The first-order valence-corrected chi connectivity index (χ1v) is 8.49. The fourth-order valence-corrected chi connectivity index (χ4v) is 3.30. The van der Waals surface area contributed by atoms with Gasteiger partial charge in [0.15, 0.2) is 0 Å².